The van der Waals surface area contributed by atoms with Gasteiger partial charge in [0.1, 0.15) is 23.3 Å². The summed E-state index contributed by atoms with van der Waals surface area (Å²) in [7, 11) is 0. The van der Waals surface area contributed by atoms with Gasteiger partial charge in [-0.05, 0) is 24.3 Å². The highest BCUT2D eigenvalue weighted by Gasteiger charge is 2.12. The normalized spacial score (nSPS) is 10.7. The van der Waals surface area contributed by atoms with Crippen molar-refractivity contribution >= 4 is 17.4 Å². The summed E-state index contributed by atoms with van der Waals surface area (Å²) in [5, 5.41) is 0. The van der Waals surface area contributed by atoms with Crippen molar-refractivity contribution in [1.29, 1.82) is 0 Å². The van der Waals surface area contributed by atoms with E-state index in [4.69, 9.17) is 5.73 Å². The largest absolute Gasteiger partial charge is 0.395 e. The van der Waals surface area contributed by atoms with Crippen LogP contribution in [0.1, 0.15) is 0 Å². The van der Waals surface area contributed by atoms with Crippen LogP contribution in [-0.2, 0) is 0 Å². The molecule has 2 rings (SSSR count). The molecule has 0 aromatic heterocycles. The van der Waals surface area contributed by atoms with E-state index in [0.717, 1.165) is 24.3 Å². The van der Waals surface area contributed by atoms with Gasteiger partial charge in [-0.3, -0.25) is 0 Å². The van der Waals surface area contributed by atoms with Crippen molar-refractivity contribution in [3.05, 3.63) is 53.6 Å². The first kappa shape index (κ1) is 12.8. The van der Waals surface area contributed by atoms with E-state index in [0.29, 0.717) is 17.8 Å². The fourth-order valence-electron chi connectivity index (χ4n) is 1.32. The maximum atomic E-state index is 13.4. The number of nitrogens with two attached hydrogens (primary N) is 1. The topological polar surface area (TPSA) is 26.0 Å². The maximum absolute atomic E-state index is 13.4. The molecule has 0 aliphatic heterocycles. The van der Waals surface area contributed by atoms with Crippen LogP contribution < -0.4 is 5.73 Å². The first-order chi connectivity index (χ1) is 8.47. The third kappa shape index (κ3) is 2.59. The van der Waals surface area contributed by atoms with Crippen LogP contribution in [0.4, 0.5) is 23.2 Å². The van der Waals surface area contributed by atoms with Crippen LogP contribution in [0.3, 0.4) is 0 Å². The molecule has 0 bridgehead atoms. The van der Waals surface area contributed by atoms with Gasteiger partial charge in [-0.15, -0.1) is 0 Å². The summed E-state index contributed by atoms with van der Waals surface area (Å²) in [6, 6.07) is 4.41. The predicted octanol–water partition coefficient (Wildman–Crippen LogP) is 3.98. The summed E-state index contributed by atoms with van der Waals surface area (Å²) in [4.78, 5) is -0.0938. The molecule has 18 heavy (non-hydrogen) atoms. The quantitative estimate of drug-likeness (QED) is 0.661. The Morgan fingerprint density at radius 1 is 0.778 bits per heavy atom. The lowest BCUT2D eigenvalue weighted by Crippen LogP contribution is -1.95. The molecule has 0 aliphatic rings. The van der Waals surface area contributed by atoms with Crippen LogP contribution in [0.5, 0.6) is 0 Å². The van der Waals surface area contributed by atoms with Crippen LogP contribution in [0.15, 0.2) is 40.1 Å². The molecule has 0 radical (unpaired) electrons. The van der Waals surface area contributed by atoms with Gasteiger partial charge in [0.25, 0.3) is 0 Å². The van der Waals surface area contributed by atoms with Crippen molar-refractivity contribution in [2.24, 2.45) is 0 Å². The summed E-state index contributed by atoms with van der Waals surface area (Å²) >= 11 is 0.663. The van der Waals surface area contributed by atoms with Crippen molar-refractivity contribution in [1.82, 2.24) is 0 Å². The number of benzene rings is 2. The van der Waals surface area contributed by atoms with Gasteiger partial charge in [-0.2, -0.15) is 0 Å². The third-order valence-electron chi connectivity index (χ3n) is 2.17. The summed E-state index contributed by atoms with van der Waals surface area (Å²) < 4.78 is 52.5. The van der Waals surface area contributed by atoms with Gasteiger partial charge < -0.3 is 5.73 Å². The van der Waals surface area contributed by atoms with E-state index in [9.17, 15) is 17.6 Å². The first-order valence-electron chi connectivity index (χ1n) is 4.85. The van der Waals surface area contributed by atoms with Crippen LogP contribution in [-0.4, -0.2) is 0 Å². The molecule has 0 fully saturated rings. The summed E-state index contributed by atoms with van der Waals surface area (Å²) in [5.41, 5.74) is 5.11. The molecule has 0 unspecified atom stereocenters. The van der Waals surface area contributed by atoms with Crippen LogP contribution >= 0.6 is 11.8 Å². The standard InChI is InChI=1S/C12H7F4NS/c13-6-1-2-8(15)10(4-6)18-11-5-7(14)3-9(16)12(11)17/h1-5H,17H2. The van der Waals surface area contributed by atoms with Crippen molar-refractivity contribution in [3.63, 3.8) is 0 Å². The van der Waals surface area contributed by atoms with Gasteiger partial charge in [-0.1, -0.05) is 11.8 Å². The predicted molar refractivity (Wildman–Crippen MR) is 61.3 cm³/mol. The molecule has 0 heterocycles. The molecule has 0 amide bonds. The zero-order chi connectivity index (χ0) is 13.3. The zero-order valence-electron chi connectivity index (χ0n) is 8.88. The third-order valence-corrected chi connectivity index (χ3v) is 3.26. The Morgan fingerprint density at radius 3 is 2.17 bits per heavy atom. The second-order valence-corrected chi connectivity index (χ2v) is 4.56. The van der Waals surface area contributed by atoms with Gasteiger partial charge >= 0.3 is 0 Å². The number of halogens is 4. The fourth-order valence-corrected chi connectivity index (χ4v) is 2.27. The molecular formula is C12H7F4NS. The van der Waals surface area contributed by atoms with Crippen molar-refractivity contribution in [2.45, 2.75) is 9.79 Å². The van der Waals surface area contributed by atoms with Gasteiger partial charge in [0.2, 0.25) is 0 Å². The molecule has 0 aliphatic carbocycles. The van der Waals surface area contributed by atoms with Crippen LogP contribution in [0.25, 0.3) is 0 Å². The molecule has 2 aromatic rings. The minimum Gasteiger partial charge on any atom is -0.395 e. The molecule has 6 heteroatoms. The van der Waals surface area contributed by atoms with Gasteiger partial charge in [-0.25, -0.2) is 17.6 Å². The van der Waals surface area contributed by atoms with Gasteiger partial charge in [0.05, 0.1) is 10.6 Å². The SMILES string of the molecule is Nc1c(F)cc(F)cc1Sc1cc(F)ccc1F. The molecule has 0 saturated heterocycles. The lowest BCUT2D eigenvalue weighted by Gasteiger charge is -2.07. The summed E-state index contributed by atoms with van der Waals surface area (Å²) in [5.74, 6) is -3.10. The highest BCUT2D eigenvalue weighted by atomic mass is 32.2. The van der Waals surface area contributed by atoms with E-state index in [2.05, 4.69) is 0 Å². The fraction of sp³-hybridized carbons (Fsp3) is 0. The zero-order valence-corrected chi connectivity index (χ0v) is 9.70. The molecule has 0 atom stereocenters. The molecule has 1 nitrogen and oxygen atoms in total. The Bertz CT molecular complexity index is 601. The van der Waals surface area contributed by atoms with Crippen molar-refractivity contribution in [3.8, 4) is 0 Å². The summed E-state index contributed by atoms with van der Waals surface area (Å²) in [6.45, 7) is 0. The van der Waals surface area contributed by atoms with Crippen LogP contribution in [0, 0.1) is 23.3 Å². The Labute approximate surface area is 105 Å². The number of rotatable bonds is 2. The van der Waals surface area contributed by atoms with E-state index in [1.165, 1.54) is 0 Å². The van der Waals surface area contributed by atoms with E-state index in [-0.39, 0.29) is 15.5 Å². The minimum atomic E-state index is -0.936. The average Bonchev–Trinajstić information content (AvgIpc) is 2.30. The average molecular weight is 273 g/mol. The monoisotopic (exact) mass is 273 g/mol. The lowest BCUT2D eigenvalue weighted by atomic mass is 10.3. The smallest absolute Gasteiger partial charge is 0.150 e. The maximum Gasteiger partial charge on any atom is 0.150 e. The summed E-state index contributed by atoms with van der Waals surface area (Å²) in [6.07, 6.45) is 0. The van der Waals surface area contributed by atoms with Crippen LogP contribution in [0.2, 0.25) is 0 Å². The minimum absolute atomic E-state index is 0.00278. The molecule has 2 aromatic carbocycles. The Balaban J connectivity index is 2.43. The molecular weight excluding hydrogens is 266 g/mol. The number of hydrogen-bond donors (Lipinski definition) is 1. The Kier molecular flexibility index (Phi) is 3.47. The van der Waals surface area contributed by atoms with Crippen molar-refractivity contribution in [2.75, 3.05) is 5.73 Å². The number of anilines is 1. The molecule has 0 spiro atoms. The number of nitrogen functional groups attached to an aromatic ring is 1. The van der Waals surface area contributed by atoms with Gasteiger partial charge in [0, 0.05) is 11.0 Å². The highest BCUT2D eigenvalue weighted by Crippen LogP contribution is 2.35. The molecule has 0 saturated carbocycles. The lowest BCUT2D eigenvalue weighted by molar-refractivity contribution is 0.575. The Hall–Kier alpha value is -1.69. The second kappa shape index (κ2) is 4.89. The molecule has 94 valence electrons. The van der Waals surface area contributed by atoms with E-state index in [1.54, 1.807) is 0 Å². The number of hydrogen-bond acceptors (Lipinski definition) is 2. The second-order valence-electron chi connectivity index (χ2n) is 3.48. The van der Waals surface area contributed by atoms with Gasteiger partial charge in [0.15, 0.2) is 0 Å². The first-order valence-corrected chi connectivity index (χ1v) is 5.66. The molecule has 2 N–H and O–H groups in total. The van der Waals surface area contributed by atoms with E-state index in [1.807, 2.05) is 0 Å². The van der Waals surface area contributed by atoms with Crippen molar-refractivity contribution < 1.29 is 17.6 Å². The van der Waals surface area contributed by atoms with E-state index >= 15 is 0 Å². The Morgan fingerprint density at radius 2 is 1.44 bits per heavy atom. The van der Waals surface area contributed by atoms with E-state index < -0.39 is 23.3 Å². The highest BCUT2D eigenvalue weighted by molar-refractivity contribution is 7.99.